The summed E-state index contributed by atoms with van der Waals surface area (Å²) in [5, 5.41) is 6.14. The highest BCUT2D eigenvalue weighted by Gasteiger charge is 2.11. The first-order valence-corrected chi connectivity index (χ1v) is 8.68. The van der Waals surface area contributed by atoms with Crippen molar-refractivity contribution in [1.29, 1.82) is 0 Å². The van der Waals surface area contributed by atoms with Crippen molar-refractivity contribution in [3.05, 3.63) is 64.1 Å². The molecule has 0 aromatic heterocycles. The maximum atomic E-state index is 12.2. The molecule has 0 saturated heterocycles. The molecule has 0 aliphatic rings. The van der Waals surface area contributed by atoms with Gasteiger partial charge in [0, 0.05) is 15.7 Å². The minimum absolute atomic E-state index is 0.226. The first-order chi connectivity index (χ1) is 11.0. The summed E-state index contributed by atoms with van der Waals surface area (Å²) in [6.07, 6.45) is 1.04. The molecule has 2 aromatic rings. The second-order valence-corrected chi connectivity index (χ2v) is 6.64. The molecule has 1 unspecified atom stereocenters. The normalized spacial score (nSPS) is 11.6. The number of nitrogens with one attached hydrogen (secondary N) is 2. The van der Waals surface area contributed by atoms with Crippen LogP contribution in [0.4, 0.5) is 5.69 Å². The first kappa shape index (κ1) is 17.6. The van der Waals surface area contributed by atoms with Gasteiger partial charge in [-0.3, -0.25) is 10.1 Å². The third-order valence-electron chi connectivity index (χ3n) is 3.69. The summed E-state index contributed by atoms with van der Waals surface area (Å²) >= 11 is 8.62. The van der Waals surface area contributed by atoms with Crippen LogP contribution in [0.1, 0.15) is 42.1 Å². The lowest BCUT2D eigenvalue weighted by Crippen LogP contribution is -2.34. The molecule has 0 spiro atoms. The summed E-state index contributed by atoms with van der Waals surface area (Å²) in [6.45, 7) is 4.32. The van der Waals surface area contributed by atoms with Gasteiger partial charge in [-0.15, -0.1) is 0 Å². The zero-order valence-electron chi connectivity index (χ0n) is 13.1. The molecule has 2 aromatic carbocycles. The van der Waals surface area contributed by atoms with Gasteiger partial charge in [0.05, 0.1) is 0 Å². The summed E-state index contributed by atoms with van der Waals surface area (Å²) in [4.78, 5) is 12.2. The third kappa shape index (κ3) is 4.88. The lowest BCUT2D eigenvalue weighted by Gasteiger charge is -2.17. The van der Waals surface area contributed by atoms with E-state index in [4.69, 9.17) is 12.2 Å². The van der Waals surface area contributed by atoms with Crippen LogP contribution in [0.2, 0.25) is 0 Å². The average molecular weight is 391 g/mol. The quantitative estimate of drug-likeness (QED) is 0.714. The Morgan fingerprint density at radius 1 is 1.17 bits per heavy atom. The number of anilines is 1. The number of para-hydroxylation sites is 1. The summed E-state index contributed by atoms with van der Waals surface area (Å²) in [5.41, 5.74) is 2.69. The van der Waals surface area contributed by atoms with Gasteiger partial charge in [0.1, 0.15) is 0 Å². The molecule has 0 fully saturated rings. The van der Waals surface area contributed by atoms with E-state index >= 15 is 0 Å². The van der Waals surface area contributed by atoms with Gasteiger partial charge in [-0.1, -0.05) is 48.0 Å². The Morgan fingerprint density at radius 2 is 1.83 bits per heavy atom. The zero-order chi connectivity index (χ0) is 16.8. The predicted octanol–water partition coefficient (Wildman–Crippen LogP) is 5.09. The summed E-state index contributed by atoms with van der Waals surface area (Å²) in [7, 11) is 0. The van der Waals surface area contributed by atoms with Crippen LogP contribution in [0.3, 0.4) is 0 Å². The fourth-order valence-electron chi connectivity index (χ4n) is 2.19. The summed E-state index contributed by atoms with van der Waals surface area (Å²) in [6, 6.07) is 15.1. The van der Waals surface area contributed by atoms with E-state index in [1.165, 1.54) is 5.56 Å². The first-order valence-electron chi connectivity index (χ1n) is 7.48. The number of halogens is 1. The molecule has 0 heterocycles. The van der Waals surface area contributed by atoms with Crippen LogP contribution in [0.15, 0.2) is 53.0 Å². The third-order valence-corrected chi connectivity index (χ3v) is 4.42. The second-order valence-electron chi connectivity index (χ2n) is 5.31. The maximum Gasteiger partial charge on any atom is 0.257 e. The lowest BCUT2D eigenvalue weighted by molar-refractivity contribution is 0.0977. The topological polar surface area (TPSA) is 41.1 Å². The Balaban J connectivity index is 2.05. The van der Waals surface area contributed by atoms with Gasteiger partial charge >= 0.3 is 0 Å². The standard InChI is InChI=1S/C18H19BrN2OS/c1-3-12(2)15-6-4-5-7-16(15)20-18(23)21-17(22)13-8-10-14(19)11-9-13/h4-12H,3H2,1-2H3,(H2,20,21,22,23). The second kappa shape index (κ2) is 8.22. The zero-order valence-corrected chi connectivity index (χ0v) is 15.5. The molecule has 3 nitrogen and oxygen atoms in total. The monoisotopic (exact) mass is 390 g/mol. The van der Waals surface area contributed by atoms with Crippen molar-refractivity contribution in [3.63, 3.8) is 0 Å². The minimum Gasteiger partial charge on any atom is -0.332 e. The molecule has 5 heteroatoms. The number of hydrogen-bond acceptors (Lipinski definition) is 2. The van der Waals surface area contributed by atoms with E-state index in [2.05, 4.69) is 46.5 Å². The lowest BCUT2D eigenvalue weighted by atomic mass is 9.97. The van der Waals surface area contributed by atoms with Crippen molar-refractivity contribution < 1.29 is 4.79 Å². The number of hydrogen-bond donors (Lipinski definition) is 2. The van der Waals surface area contributed by atoms with Crippen LogP contribution in [0.5, 0.6) is 0 Å². The maximum absolute atomic E-state index is 12.2. The average Bonchev–Trinajstić information content (AvgIpc) is 2.55. The van der Waals surface area contributed by atoms with Crippen LogP contribution >= 0.6 is 28.1 Å². The van der Waals surface area contributed by atoms with Crippen LogP contribution < -0.4 is 10.6 Å². The van der Waals surface area contributed by atoms with E-state index in [1.807, 2.05) is 30.3 Å². The van der Waals surface area contributed by atoms with Gasteiger partial charge in [0.25, 0.3) is 5.91 Å². The largest absolute Gasteiger partial charge is 0.332 e. The molecule has 1 atom stereocenters. The van der Waals surface area contributed by atoms with Crippen LogP contribution in [-0.4, -0.2) is 11.0 Å². The Kier molecular flexibility index (Phi) is 6.30. The van der Waals surface area contributed by atoms with Gasteiger partial charge in [0.15, 0.2) is 5.11 Å². The Morgan fingerprint density at radius 3 is 2.48 bits per heavy atom. The summed E-state index contributed by atoms with van der Waals surface area (Å²) < 4.78 is 0.928. The van der Waals surface area contributed by atoms with Crippen LogP contribution in [0.25, 0.3) is 0 Å². The van der Waals surface area contributed by atoms with Gasteiger partial charge in [-0.25, -0.2) is 0 Å². The number of rotatable bonds is 4. The van der Waals surface area contributed by atoms with Crippen LogP contribution in [0, 0.1) is 0 Å². The van der Waals surface area contributed by atoms with Gasteiger partial charge in [-0.2, -0.15) is 0 Å². The molecule has 2 N–H and O–H groups in total. The van der Waals surface area contributed by atoms with E-state index in [9.17, 15) is 4.79 Å². The molecule has 0 radical (unpaired) electrons. The van der Waals surface area contributed by atoms with Gasteiger partial charge in [0.2, 0.25) is 0 Å². The number of carbonyl (C=O) groups excluding carboxylic acids is 1. The Labute approximate surface area is 150 Å². The Bertz CT molecular complexity index is 700. The molecule has 0 bridgehead atoms. The fraction of sp³-hybridized carbons (Fsp3) is 0.222. The molecule has 0 saturated carbocycles. The molecular formula is C18H19BrN2OS. The van der Waals surface area contributed by atoms with Gasteiger partial charge in [-0.05, 0) is 60.5 Å². The minimum atomic E-state index is -0.226. The summed E-state index contributed by atoms with van der Waals surface area (Å²) in [5.74, 6) is 0.194. The number of benzene rings is 2. The molecule has 120 valence electrons. The van der Waals surface area contributed by atoms with Crippen molar-refractivity contribution in [2.75, 3.05) is 5.32 Å². The van der Waals surface area contributed by atoms with Crippen molar-refractivity contribution >= 4 is 44.9 Å². The highest BCUT2D eigenvalue weighted by molar-refractivity contribution is 9.10. The highest BCUT2D eigenvalue weighted by Crippen LogP contribution is 2.26. The molecule has 23 heavy (non-hydrogen) atoms. The van der Waals surface area contributed by atoms with Crippen molar-refractivity contribution in [3.8, 4) is 0 Å². The fourth-order valence-corrected chi connectivity index (χ4v) is 2.66. The molecule has 0 aliphatic heterocycles. The van der Waals surface area contributed by atoms with E-state index < -0.39 is 0 Å². The molecule has 0 aliphatic carbocycles. The number of thiocarbonyl (C=S) groups is 1. The smallest absolute Gasteiger partial charge is 0.257 e. The molecule has 2 rings (SSSR count). The predicted molar refractivity (Wildman–Crippen MR) is 103 cm³/mol. The highest BCUT2D eigenvalue weighted by atomic mass is 79.9. The van der Waals surface area contributed by atoms with Crippen molar-refractivity contribution in [1.82, 2.24) is 5.32 Å². The SMILES string of the molecule is CCC(C)c1ccccc1NC(=S)NC(=O)c1ccc(Br)cc1. The van der Waals surface area contributed by atoms with Crippen LogP contribution in [-0.2, 0) is 0 Å². The molecular weight excluding hydrogens is 372 g/mol. The Hall–Kier alpha value is -1.72. The van der Waals surface area contributed by atoms with Gasteiger partial charge < -0.3 is 5.32 Å². The van der Waals surface area contributed by atoms with Crippen molar-refractivity contribution in [2.45, 2.75) is 26.2 Å². The van der Waals surface area contributed by atoms with E-state index in [0.29, 0.717) is 16.6 Å². The number of amides is 1. The number of carbonyl (C=O) groups is 1. The van der Waals surface area contributed by atoms with E-state index in [-0.39, 0.29) is 5.91 Å². The molecule has 1 amide bonds. The van der Waals surface area contributed by atoms with E-state index in [0.717, 1.165) is 16.6 Å². The van der Waals surface area contributed by atoms with Crippen molar-refractivity contribution in [2.24, 2.45) is 0 Å². The van der Waals surface area contributed by atoms with E-state index in [1.54, 1.807) is 12.1 Å².